The highest BCUT2D eigenvalue weighted by Crippen LogP contribution is 2.28. The first-order chi connectivity index (χ1) is 13.2. The minimum Gasteiger partial charge on any atom is -0.317 e. The molecule has 2 aliphatic rings. The van der Waals surface area contributed by atoms with E-state index in [1.54, 1.807) is 0 Å². The number of nitrogens with zero attached hydrogens (tertiary/aromatic N) is 3. The molecule has 27 heavy (non-hydrogen) atoms. The summed E-state index contributed by atoms with van der Waals surface area (Å²) in [6.07, 6.45) is 4.75. The maximum Gasteiger partial charge on any atom is 0.228 e. The molecule has 4 rings (SSSR count). The first kappa shape index (κ1) is 18.2. The van der Waals surface area contributed by atoms with Crippen molar-refractivity contribution in [1.29, 1.82) is 0 Å². The van der Waals surface area contributed by atoms with Crippen LogP contribution in [0.25, 0.3) is 0 Å². The van der Waals surface area contributed by atoms with Crippen LogP contribution in [0.3, 0.4) is 0 Å². The lowest BCUT2D eigenvalue weighted by atomic mass is 9.97. The summed E-state index contributed by atoms with van der Waals surface area (Å²) in [6, 6.07) is 10.9. The van der Waals surface area contributed by atoms with E-state index in [0.717, 1.165) is 63.4 Å². The predicted molar refractivity (Wildman–Crippen MR) is 107 cm³/mol. The summed E-state index contributed by atoms with van der Waals surface area (Å²) in [7, 11) is 0. The van der Waals surface area contributed by atoms with Crippen LogP contribution in [0, 0.1) is 12.8 Å². The zero-order chi connectivity index (χ0) is 18.6. The lowest BCUT2D eigenvalue weighted by molar-refractivity contribution is -0.120. The highest BCUT2D eigenvalue weighted by Gasteiger charge is 2.28. The molecule has 0 saturated carbocycles. The Morgan fingerprint density at radius 3 is 2.78 bits per heavy atom. The monoisotopic (exact) mass is 367 g/mol. The second-order valence-electron chi connectivity index (χ2n) is 7.80. The number of aryl methyl sites for hydroxylation is 1. The van der Waals surface area contributed by atoms with Crippen molar-refractivity contribution in [2.24, 2.45) is 5.92 Å². The summed E-state index contributed by atoms with van der Waals surface area (Å²) in [4.78, 5) is 15.2. The van der Waals surface area contributed by atoms with Gasteiger partial charge in [-0.1, -0.05) is 30.3 Å². The number of amides is 1. The van der Waals surface area contributed by atoms with Crippen molar-refractivity contribution in [3.8, 4) is 0 Å². The van der Waals surface area contributed by atoms with Gasteiger partial charge in [-0.2, -0.15) is 5.10 Å². The van der Waals surface area contributed by atoms with E-state index < -0.39 is 0 Å². The number of piperidine rings is 1. The summed E-state index contributed by atoms with van der Waals surface area (Å²) in [5.41, 5.74) is 2.38. The zero-order valence-electron chi connectivity index (χ0n) is 16.0. The highest BCUT2D eigenvalue weighted by atomic mass is 16.2. The van der Waals surface area contributed by atoms with Crippen molar-refractivity contribution < 1.29 is 4.79 Å². The molecule has 1 aromatic carbocycles. The SMILES string of the molecule is Cc1cnn(C2CCN(Cc3ccccc3)C2)c1NC(=O)C1CCNCC1. The largest absolute Gasteiger partial charge is 0.317 e. The molecule has 6 heteroatoms. The number of nitrogens with one attached hydrogen (secondary N) is 2. The van der Waals surface area contributed by atoms with Crippen molar-refractivity contribution in [2.75, 3.05) is 31.5 Å². The molecule has 2 fully saturated rings. The van der Waals surface area contributed by atoms with E-state index in [4.69, 9.17) is 0 Å². The highest BCUT2D eigenvalue weighted by molar-refractivity contribution is 5.92. The molecular weight excluding hydrogens is 338 g/mol. The van der Waals surface area contributed by atoms with Crippen molar-refractivity contribution >= 4 is 11.7 Å². The van der Waals surface area contributed by atoms with Gasteiger partial charge < -0.3 is 10.6 Å². The van der Waals surface area contributed by atoms with E-state index in [2.05, 4.69) is 51.0 Å². The van der Waals surface area contributed by atoms with E-state index in [1.807, 2.05) is 17.8 Å². The molecular formula is C21H29N5O. The quantitative estimate of drug-likeness (QED) is 0.853. The Bertz CT molecular complexity index is 766. The summed E-state index contributed by atoms with van der Waals surface area (Å²) in [6.45, 7) is 6.86. The Morgan fingerprint density at radius 2 is 2.00 bits per heavy atom. The molecule has 0 aliphatic carbocycles. The van der Waals surface area contributed by atoms with E-state index >= 15 is 0 Å². The maximum atomic E-state index is 12.7. The van der Waals surface area contributed by atoms with Crippen LogP contribution < -0.4 is 10.6 Å². The fourth-order valence-electron chi connectivity index (χ4n) is 4.18. The van der Waals surface area contributed by atoms with Gasteiger partial charge >= 0.3 is 0 Å². The molecule has 0 bridgehead atoms. The van der Waals surface area contributed by atoms with Gasteiger partial charge in [0.2, 0.25) is 5.91 Å². The second-order valence-corrected chi connectivity index (χ2v) is 7.80. The Morgan fingerprint density at radius 1 is 1.22 bits per heavy atom. The molecule has 0 radical (unpaired) electrons. The van der Waals surface area contributed by atoms with Gasteiger partial charge in [0.05, 0.1) is 12.2 Å². The number of anilines is 1. The van der Waals surface area contributed by atoms with Gasteiger partial charge in [0, 0.05) is 31.1 Å². The number of aromatic nitrogens is 2. The van der Waals surface area contributed by atoms with Crippen molar-refractivity contribution in [1.82, 2.24) is 20.0 Å². The van der Waals surface area contributed by atoms with E-state index in [9.17, 15) is 4.79 Å². The zero-order valence-corrected chi connectivity index (χ0v) is 16.0. The Hall–Kier alpha value is -2.18. The van der Waals surface area contributed by atoms with Gasteiger partial charge in [-0.25, -0.2) is 4.68 Å². The van der Waals surface area contributed by atoms with Gasteiger partial charge in [-0.05, 0) is 44.8 Å². The fraction of sp³-hybridized carbons (Fsp3) is 0.524. The minimum absolute atomic E-state index is 0.104. The average Bonchev–Trinajstić information content (AvgIpc) is 3.30. The van der Waals surface area contributed by atoms with Gasteiger partial charge in [0.1, 0.15) is 5.82 Å². The van der Waals surface area contributed by atoms with Gasteiger partial charge in [-0.3, -0.25) is 9.69 Å². The van der Waals surface area contributed by atoms with E-state index in [-0.39, 0.29) is 11.8 Å². The van der Waals surface area contributed by atoms with Gasteiger partial charge in [0.25, 0.3) is 0 Å². The lowest BCUT2D eigenvalue weighted by Crippen LogP contribution is -2.35. The normalized spacial score (nSPS) is 21.4. The third-order valence-corrected chi connectivity index (χ3v) is 5.77. The van der Waals surface area contributed by atoms with Crippen LogP contribution in [0.15, 0.2) is 36.5 Å². The molecule has 2 aromatic rings. The van der Waals surface area contributed by atoms with Crippen LogP contribution in [0.4, 0.5) is 5.82 Å². The third kappa shape index (κ3) is 4.22. The third-order valence-electron chi connectivity index (χ3n) is 5.77. The molecule has 6 nitrogen and oxygen atoms in total. The predicted octanol–water partition coefficient (Wildman–Crippen LogP) is 2.58. The number of hydrogen-bond acceptors (Lipinski definition) is 4. The van der Waals surface area contributed by atoms with Crippen LogP contribution in [0.2, 0.25) is 0 Å². The first-order valence-electron chi connectivity index (χ1n) is 10.0. The van der Waals surface area contributed by atoms with E-state index in [0.29, 0.717) is 6.04 Å². The fourth-order valence-corrected chi connectivity index (χ4v) is 4.18. The van der Waals surface area contributed by atoms with Crippen molar-refractivity contribution in [2.45, 2.75) is 38.8 Å². The van der Waals surface area contributed by atoms with E-state index in [1.165, 1.54) is 5.56 Å². The standard InChI is InChI=1S/C21H29N5O/c1-16-13-23-26(20(16)24-21(27)18-7-10-22-11-8-18)19-9-12-25(15-19)14-17-5-3-2-4-6-17/h2-6,13,18-19,22H,7-12,14-15H2,1H3,(H,24,27). The number of carbonyl (C=O) groups is 1. The molecule has 1 unspecified atom stereocenters. The summed E-state index contributed by atoms with van der Waals surface area (Å²) in [5, 5.41) is 11.1. The topological polar surface area (TPSA) is 62.2 Å². The summed E-state index contributed by atoms with van der Waals surface area (Å²) in [5.74, 6) is 1.12. The molecule has 2 aliphatic heterocycles. The molecule has 144 valence electrons. The number of likely N-dealkylation sites (tertiary alicyclic amines) is 1. The minimum atomic E-state index is 0.104. The number of carbonyl (C=O) groups excluding carboxylic acids is 1. The number of rotatable bonds is 5. The first-order valence-corrected chi connectivity index (χ1v) is 10.0. The molecule has 3 heterocycles. The van der Waals surface area contributed by atoms with Crippen LogP contribution >= 0.6 is 0 Å². The molecule has 1 aromatic heterocycles. The second kappa shape index (κ2) is 8.23. The summed E-state index contributed by atoms with van der Waals surface area (Å²) < 4.78 is 2.04. The smallest absolute Gasteiger partial charge is 0.228 e. The van der Waals surface area contributed by atoms with Crippen molar-refractivity contribution in [3.63, 3.8) is 0 Å². The molecule has 2 N–H and O–H groups in total. The molecule has 1 atom stereocenters. The molecule has 1 amide bonds. The lowest BCUT2D eigenvalue weighted by Gasteiger charge is -2.23. The summed E-state index contributed by atoms with van der Waals surface area (Å²) >= 11 is 0. The van der Waals surface area contributed by atoms with Gasteiger partial charge in [0.15, 0.2) is 0 Å². The number of benzene rings is 1. The van der Waals surface area contributed by atoms with Crippen LogP contribution in [-0.2, 0) is 11.3 Å². The van der Waals surface area contributed by atoms with Crippen LogP contribution in [-0.4, -0.2) is 46.8 Å². The average molecular weight is 367 g/mol. The Balaban J connectivity index is 1.41. The maximum absolute atomic E-state index is 12.7. The van der Waals surface area contributed by atoms with Crippen molar-refractivity contribution in [3.05, 3.63) is 47.7 Å². The Kier molecular flexibility index (Phi) is 5.55. The van der Waals surface area contributed by atoms with Crippen LogP contribution in [0.1, 0.15) is 36.4 Å². The molecule has 0 spiro atoms. The number of hydrogen-bond donors (Lipinski definition) is 2. The van der Waals surface area contributed by atoms with Crippen LogP contribution in [0.5, 0.6) is 0 Å². The van der Waals surface area contributed by atoms with Gasteiger partial charge in [-0.15, -0.1) is 0 Å². The Labute approximate surface area is 160 Å². The molecule has 2 saturated heterocycles.